The van der Waals surface area contributed by atoms with Crippen molar-refractivity contribution in [1.82, 2.24) is 9.78 Å². The lowest BCUT2D eigenvalue weighted by Crippen LogP contribution is -2.05. The van der Waals surface area contributed by atoms with Gasteiger partial charge in [0.05, 0.1) is 18.0 Å². The van der Waals surface area contributed by atoms with Gasteiger partial charge in [0.15, 0.2) is 11.5 Å². The number of ether oxygens (including phenoxy) is 2. The summed E-state index contributed by atoms with van der Waals surface area (Å²) in [4.78, 5) is 0. The van der Waals surface area contributed by atoms with Gasteiger partial charge in [-0.15, -0.1) is 0 Å². The van der Waals surface area contributed by atoms with Crippen LogP contribution in [0.1, 0.15) is 30.8 Å². The zero-order valence-electron chi connectivity index (χ0n) is 12.7. The first-order chi connectivity index (χ1) is 10.2. The molecule has 0 saturated heterocycles. The van der Waals surface area contributed by atoms with Crippen molar-refractivity contribution in [3.63, 3.8) is 0 Å². The summed E-state index contributed by atoms with van der Waals surface area (Å²) in [6.45, 7) is 5.17. The van der Waals surface area contributed by atoms with E-state index in [-0.39, 0.29) is 0 Å². The number of hydrogen-bond acceptors (Lipinski definition) is 3. The van der Waals surface area contributed by atoms with Gasteiger partial charge >= 0.3 is 0 Å². The van der Waals surface area contributed by atoms with Crippen LogP contribution in [0.2, 0.25) is 0 Å². The molecule has 0 unspecified atom stereocenters. The lowest BCUT2D eigenvalue weighted by atomic mass is 10.2. The maximum absolute atomic E-state index is 6.02. The topological polar surface area (TPSA) is 36.3 Å². The largest absolute Gasteiger partial charge is 0.490 e. The van der Waals surface area contributed by atoms with Crippen LogP contribution in [0.5, 0.6) is 11.5 Å². The normalized spacial score (nSPS) is 10.7. The Balaban J connectivity index is 2.19. The second-order valence-corrected chi connectivity index (χ2v) is 5.26. The Bertz CT molecular complexity index is 596. The number of para-hydroxylation sites is 1. The fourth-order valence-electron chi connectivity index (χ4n) is 2.12. The van der Waals surface area contributed by atoms with Gasteiger partial charge in [0.25, 0.3) is 0 Å². The molecule has 0 radical (unpaired) electrons. The molecular formula is C16H21BrN2O2. The Labute approximate surface area is 134 Å². The standard InChI is InChI=1S/C16H21BrN2O2/c1-4-13-9-14(19(3)18-13)11-21-16-12(10-17)7-6-8-15(16)20-5-2/h6-9H,4-5,10-11H2,1-3H3. The number of aromatic nitrogens is 2. The molecule has 0 atom stereocenters. The molecule has 0 N–H and O–H groups in total. The van der Waals surface area contributed by atoms with Crippen LogP contribution in [-0.2, 0) is 25.4 Å². The van der Waals surface area contributed by atoms with E-state index in [0.29, 0.717) is 13.2 Å². The fraction of sp³-hybridized carbons (Fsp3) is 0.438. The van der Waals surface area contributed by atoms with E-state index < -0.39 is 0 Å². The average molecular weight is 353 g/mol. The molecular weight excluding hydrogens is 332 g/mol. The van der Waals surface area contributed by atoms with Crippen molar-refractivity contribution in [2.24, 2.45) is 7.05 Å². The third-order valence-corrected chi connectivity index (χ3v) is 3.86. The quantitative estimate of drug-likeness (QED) is 0.710. The first kappa shape index (κ1) is 15.9. The third kappa shape index (κ3) is 3.79. The number of aryl methyl sites for hydroxylation is 2. The molecule has 0 spiro atoms. The predicted molar refractivity (Wildman–Crippen MR) is 87.2 cm³/mol. The van der Waals surface area contributed by atoms with Crippen LogP contribution in [0.15, 0.2) is 24.3 Å². The van der Waals surface area contributed by atoms with Crippen LogP contribution in [0, 0.1) is 0 Å². The molecule has 114 valence electrons. The van der Waals surface area contributed by atoms with Gasteiger partial charge < -0.3 is 9.47 Å². The molecule has 4 nitrogen and oxygen atoms in total. The van der Waals surface area contributed by atoms with E-state index >= 15 is 0 Å². The first-order valence-corrected chi connectivity index (χ1v) is 8.26. The smallest absolute Gasteiger partial charge is 0.165 e. The van der Waals surface area contributed by atoms with Gasteiger partial charge in [0.1, 0.15) is 6.61 Å². The Morgan fingerprint density at radius 1 is 1.24 bits per heavy atom. The lowest BCUT2D eigenvalue weighted by Gasteiger charge is -2.15. The van der Waals surface area contributed by atoms with Gasteiger partial charge in [-0.2, -0.15) is 5.10 Å². The number of benzene rings is 1. The highest BCUT2D eigenvalue weighted by Gasteiger charge is 2.12. The van der Waals surface area contributed by atoms with Gasteiger partial charge in [-0.1, -0.05) is 35.0 Å². The highest BCUT2D eigenvalue weighted by Crippen LogP contribution is 2.33. The highest BCUT2D eigenvalue weighted by atomic mass is 79.9. The zero-order valence-corrected chi connectivity index (χ0v) is 14.3. The summed E-state index contributed by atoms with van der Waals surface area (Å²) >= 11 is 3.50. The minimum Gasteiger partial charge on any atom is -0.490 e. The van der Waals surface area contributed by atoms with Gasteiger partial charge in [-0.3, -0.25) is 4.68 Å². The third-order valence-electron chi connectivity index (χ3n) is 3.26. The van der Waals surface area contributed by atoms with E-state index in [2.05, 4.69) is 34.0 Å². The second-order valence-electron chi connectivity index (χ2n) is 4.70. The maximum Gasteiger partial charge on any atom is 0.165 e. The monoisotopic (exact) mass is 352 g/mol. The van der Waals surface area contributed by atoms with Crippen molar-refractivity contribution in [2.75, 3.05) is 6.61 Å². The van der Waals surface area contributed by atoms with Crippen molar-refractivity contribution in [1.29, 1.82) is 0 Å². The van der Waals surface area contributed by atoms with Crippen LogP contribution in [0.4, 0.5) is 0 Å². The molecule has 0 aliphatic rings. The molecule has 1 aromatic carbocycles. The SMILES string of the molecule is CCOc1cccc(CBr)c1OCc1cc(CC)nn1C. The molecule has 21 heavy (non-hydrogen) atoms. The van der Waals surface area contributed by atoms with Crippen LogP contribution >= 0.6 is 15.9 Å². The highest BCUT2D eigenvalue weighted by molar-refractivity contribution is 9.08. The van der Waals surface area contributed by atoms with Crippen LogP contribution < -0.4 is 9.47 Å². The first-order valence-electron chi connectivity index (χ1n) is 7.14. The minimum absolute atomic E-state index is 0.480. The van der Waals surface area contributed by atoms with Crippen LogP contribution in [0.25, 0.3) is 0 Å². The predicted octanol–water partition coefficient (Wildman–Crippen LogP) is 3.86. The average Bonchev–Trinajstić information content (AvgIpc) is 2.86. The van der Waals surface area contributed by atoms with Gasteiger partial charge in [-0.25, -0.2) is 0 Å². The van der Waals surface area contributed by atoms with Crippen LogP contribution in [0.3, 0.4) is 0 Å². The molecule has 0 amide bonds. The molecule has 1 aromatic heterocycles. The molecule has 0 aliphatic carbocycles. The number of nitrogens with zero attached hydrogens (tertiary/aromatic N) is 2. The summed E-state index contributed by atoms with van der Waals surface area (Å²) in [7, 11) is 1.94. The summed E-state index contributed by atoms with van der Waals surface area (Å²) in [5.41, 5.74) is 3.22. The zero-order chi connectivity index (χ0) is 15.2. The van der Waals surface area contributed by atoms with Crippen molar-refractivity contribution in [3.05, 3.63) is 41.2 Å². The van der Waals surface area contributed by atoms with Crippen molar-refractivity contribution in [2.45, 2.75) is 32.2 Å². The molecule has 5 heteroatoms. The maximum atomic E-state index is 6.02. The van der Waals surface area contributed by atoms with Crippen LogP contribution in [-0.4, -0.2) is 16.4 Å². The number of alkyl halides is 1. The molecule has 0 aliphatic heterocycles. The fourth-order valence-corrected chi connectivity index (χ4v) is 2.57. The molecule has 2 rings (SSSR count). The second kappa shape index (κ2) is 7.50. The number of halogens is 1. The Kier molecular flexibility index (Phi) is 5.67. The van der Waals surface area contributed by atoms with Crippen molar-refractivity contribution < 1.29 is 9.47 Å². The van der Waals surface area contributed by atoms with Gasteiger partial charge in [0.2, 0.25) is 0 Å². The van der Waals surface area contributed by atoms with E-state index in [1.165, 1.54) is 0 Å². The van der Waals surface area contributed by atoms with Crippen molar-refractivity contribution in [3.8, 4) is 11.5 Å². The van der Waals surface area contributed by atoms with E-state index in [1.807, 2.05) is 36.9 Å². The molecule has 0 saturated carbocycles. The summed E-state index contributed by atoms with van der Waals surface area (Å²) in [5.74, 6) is 1.59. The molecule has 2 aromatic rings. The molecule has 1 heterocycles. The van der Waals surface area contributed by atoms with E-state index in [1.54, 1.807) is 0 Å². The number of rotatable bonds is 7. The van der Waals surface area contributed by atoms with Gasteiger partial charge in [-0.05, 0) is 25.5 Å². The number of hydrogen-bond donors (Lipinski definition) is 0. The summed E-state index contributed by atoms with van der Waals surface area (Å²) in [5, 5.41) is 5.17. The van der Waals surface area contributed by atoms with E-state index in [0.717, 1.165) is 40.2 Å². The molecule has 0 bridgehead atoms. The minimum atomic E-state index is 0.480. The Morgan fingerprint density at radius 3 is 2.67 bits per heavy atom. The lowest BCUT2D eigenvalue weighted by molar-refractivity contribution is 0.261. The Morgan fingerprint density at radius 2 is 2.05 bits per heavy atom. The van der Waals surface area contributed by atoms with E-state index in [4.69, 9.17) is 9.47 Å². The van der Waals surface area contributed by atoms with Gasteiger partial charge in [0, 0.05) is 17.9 Å². The van der Waals surface area contributed by atoms with E-state index in [9.17, 15) is 0 Å². The van der Waals surface area contributed by atoms with Crippen molar-refractivity contribution >= 4 is 15.9 Å². The summed E-state index contributed by atoms with van der Waals surface area (Å²) in [6, 6.07) is 8.03. The molecule has 0 fully saturated rings. The summed E-state index contributed by atoms with van der Waals surface area (Å²) < 4.78 is 13.5. The summed E-state index contributed by atoms with van der Waals surface area (Å²) in [6.07, 6.45) is 0.927. The Hall–Kier alpha value is -1.49.